The molecule has 4 N–H and O–H groups in total. The molecule has 0 radical (unpaired) electrons. The molecule has 186 valence electrons. The van der Waals surface area contributed by atoms with Gasteiger partial charge in [0.2, 0.25) is 15.9 Å². The summed E-state index contributed by atoms with van der Waals surface area (Å²) in [4.78, 5) is 28.7. The molecule has 1 aromatic carbocycles. The van der Waals surface area contributed by atoms with E-state index in [-0.39, 0.29) is 41.8 Å². The molecule has 11 heteroatoms. The van der Waals surface area contributed by atoms with E-state index in [9.17, 15) is 18.0 Å². The summed E-state index contributed by atoms with van der Waals surface area (Å²) in [5.74, 6) is 0.0600. The average Bonchev–Trinajstić information content (AvgIpc) is 3.23. The Morgan fingerprint density at radius 1 is 1.24 bits per heavy atom. The Hall–Kier alpha value is -2.50. The number of benzene rings is 1. The zero-order valence-corrected chi connectivity index (χ0v) is 21.3. The van der Waals surface area contributed by atoms with Crippen LogP contribution in [0.5, 0.6) is 0 Å². The second-order valence-corrected chi connectivity index (χ2v) is 11.5. The minimum atomic E-state index is -3.77. The molecule has 34 heavy (non-hydrogen) atoms. The van der Waals surface area contributed by atoms with E-state index in [4.69, 9.17) is 10.5 Å². The standard InChI is InChI=1S/C23H32N4O5S2/c1-4-26-34(30,31)20-11-15(12-21(28)27-14(2)3)5-10-18(20)19-13-25-22(33-19)16-6-8-17(9-7-16)32-23(24)29/h5,10-11,13-14,16-17,26H,4,6-9,12H2,1-3H3,(H2,24,29)(H,27,28)/t16-,17-. The minimum Gasteiger partial charge on any atom is -0.446 e. The van der Waals surface area contributed by atoms with Gasteiger partial charge in [-0.3, -0.25) is 4.79 Å². The molecule has 1 heterocycles. The van der Waals surface area contributed by atoms with E-state index in [1.807, 2.05) is 13.8 Å². The summed E-state index contributed by atoms with van der Waals surface area (Å²) in [5, 5.41) is 3.76. The maximum Gasteiger partial charge on any atom is 0.404 e. The number of nitrogens with one attached hydrogen (secondary N) is 2. The van der Waals surface area contributed by atoms with Crippen LogP contribution in [0.2, 0.25) is 0 Å². The lowest BCUT2D eigenvalue weighted by Crippen LogP contribution is -2.31. The molecule has 0 aliphatic heterocycles. The third-order valence-electron chi connectivity index (χ3n) is 5.58. The molecule has 1 aliphatic carbocycles. The van der Waals surface area contributed by atoms with Crippen molar-refractivity contribution in [3.63, 3.8) is 0 Å². The van der Waals surface area contributed by atoms with E-state index in [0.29, 0.717) is 11.1 Å². The van der Waals surface area contributed by atoms with Crippen molar-refractivity contribution in [1.82, 2.24) is 15.0 Å². The normalized spacial score (nSPS) is 18.6. The van der Waals surface area contributed by atoms with Crippen LogP contribution in [-0.2, 0) is 26.0 Å². The van der Waals surface area contributed by atoms with E-state index >= 15 is 0 Å². The zero-order chi connectivity index (χ0) is 24.9. The number of hydrogen-bond donors (Lipinski definition) is 3. The fourth-order valence-corrected chi connectivity index (χ4v) is 6.62. The van der Waals surface area contributed by atoms with Gasteiger partial charge >= 0.3 is 6.09 Å². The number of sulfonamides is 1. The molecule has 1 aromatic heterocycles. The maximum absolute atomic E-state index is 13.0. The van der Waals surface area contributed by atoms with Gasteiger partial charge < -0.3 is 15.8 Å². The molecule has 0 bridgehead atoms. The number of rotatable bonds is 9. The molecule has 0 saturated heterocycles. The van der Waals surface area contributed by atoms with Crippen molar-refractivity contribution in [3.8, 4) is 10.4 Å². The molecule has 1 saturated carbocycles. The van der Waals surface area contributed by atoms with Crippen molar-refractivity contribution >= 4 is 33.4 Å². The summed E-state index contributed by atoms with van der Waals surface area (Å²) in [6.07, 6.45) is 3.96. The van der Waals surface area contributed by atoms with Crippen LogP contribution >= 0.6 is 11.3 Å². The summed E-state index contributed by atoms with van der Waals surface area (Å²) in [5.41, 5.74) is 6.30. The van der Waals surface area contributed by atoms with Gasteiger partial charge in [-0.15, -0.1) is 11.3 Å². The summed E-state index contributed by atoms with van der Waals surface area (Å²) in [7, 11) is -3.77. The fourth-order valence-electron chi connectivity index (χ4n) is 4.12. The van der Waals surface area contributed by atoms with Crippen molar-refractivity contribution in [1.29, 1.82) is 0 Å². The quantitative estimate of drug-likeness (QED) is 0.475. The Morgan fingerprint density at radius 2 is 1.94 bits per heavy atom. The SMILES string of the molecule is CCNS(=O)(=O)c1cc(CC(=O)NC(C)C)ccc1-c1cnc([C@H]2CC[C@H](OC(N)=O)CC2)s1. The van der Waals surface area contributed by atoms with Gasteiger partial charge in [-0.1, -0.05) is 19.1 Å². The second kappa shape index (κ2) is 11.3. The molecule has 1 fully saturated rings. The first kappa shape index (κ1) is 26.1. The van der Waals surface area contributed by atoms with Gasteiger partial charge in [0.15, 0.2) is 0 Å². The average molecular weight is 509 g/mol. The first-order chi connectivity index (χ1) is 16.1. The van der Waals surface area contributed by atoms with Crippen LogP contribution in [0.3, 0.4) is 0 Å². The molecule has 1 aliphatic rings. The minimum absolute atomic E-state index is 0.00442. The number of carbonyl (C=O) groups excluding carboxylic acids is 2. The summed E-state index contributed by atoms with van der Waals surface area (Å²) < 4.78 is 33.7. The topological polar surface area (TPSA) is 140 Å². The molecule has 2 amide bonds. The van der Waals surface area contributed by atoms with Crippen molar-refractivity contribution in [2.75, 3.05) is 6.54 Å². The van der Waals surface area contributed by atoms with Crippen LogP contribution in [0.1, 0.15) is 62.9 Å². The molecular formula is C23H32N4O5S2. The predicted molar refractivity (Wildman–Crippen MR) is 131 cm³/mol. The van der Waals surface area contributed by atoms with E-state index in [1.54, 1.807) is 31.3 Å². The zero-order valence-electron chi connectivity index (χ0n) is 19.7. The number of primary amides is 1. The lowest BCUT2D eigenvalue weighted by Gasteiger charge is -2.26. The highest BCUT2D eigenvalue weighted by Crippen LogP contribution is 2.40. The smallest absolute Gasteiger partial charge is 0.404 e. The van der Waals surface area contributed by atoms with Gasteiger partial charge in [-0.25, -0.2) is 22.9 Å². The first-order valence-electron chi connectivity index (χ1n) is 11.4. The molecule has 9 nitrogen and oxygen atoms in total. The van der Waals surface area contributed by atoms with E-state index in [1.165, 1.54) is 11.3 Å². The van der Waals surface area contributed by atoms with Gasteiger partial charge in [0.1, 0.15) is 6.10 Å². The van der Waals surface area contributed by atoms with E-state index < -0.39 is 16.1 Å². The maximum atomic E-state index is 13.0. The van der Waals surface area contributed by atoms with Gasteiger partial charge in [0, 0.05) is 30.3 Å². The number of nitrogens with zero attached hydrogens (tertiary/aromatic N) is 1. The Kier molecular flexibility index (Phi) is 8.67. The largest absolute Gasteiger partial charge is 0.446 e. The third kappa shape index (κ3) is 6.77. The van der Waals surface area contributed by atoms with Crippen LogP contribution < -0.4 is 15.8 Å². The van der Waals surface area contributed by atoms with Crippen LogP contribution in [-0.4, -0.2) is 44.1 Å². The number of carbonyl (C=O) groups is 2. The highest BCUT2D eigenvalue weighted by atomic mass is 32.2. The number of ether oxygens (including phenoxy) is 1. The number of aromatic nitrogens is 1. The van der Waals surface area contributed by atoms with E-state index in [0.717, 1.165) is 35.6 Å². The molecule has 3 rings (SSSR count). The summed E-state index contributed by atoms with van der Waals surface area (Å²) in [6.45, 7) is 5.73. The Morgan fingerprint density at radius 3 is 2.56 bits per heavy atom. The lowest BCUT2D eigenvalue weighted by molar-refractivity contribution is -0.120. The van der Waals surface area contributed by atoms with Crippen molar-refractivity contribution in [2.45, 2.75) is 75.8 Å². The number of nitrogens with two attached hydrogens (primary N) is 1. The van der Waals surface area contributed by atoms with E-state index in [2.05, 4.69) is 15.0 Å². The third-order valence-corrected chi connectivity index (χ3v) is 8.36. The van der Waals surface area contributed by atoms with Crippen LogP contribution in [0, 0.1) is 0 Å². The summed E-state index contributed by atoms with van der Waals surface area (Å²) in [6, 6.07) is 5.10. The van der Waals surface area contributed by atoms with Crippen molar-refractivity contribution < 1.29 is 22.7 Å². The lowest BCUT2D eigenvalue weighted by atomic mass is 9.88. The Bertz CT molecular complexity index is 1120. The molecule has 2 aromatic rings. The highest BCUT2D eigenvalue weighted by molar-refractivity contribution is 7.89. The van der Waals surface area contributed by atoms with Crippen molar-refractivity contribution in [2.24, 2.45) is 5.73 Å². The molecular weight excluding hydrogens is 476 g/mol. The Balaban J connectivity index is 1.85. The summed E-state index contributed by atoms with van der Waals surface area (Å²) >= 11 is 1.47. The monoisotopic (exact) mass is 508 g/mol. The second-order valence-electron chi connectivity index (χ2n) is 8.70. The molecule has 0 atom stereocenters. The van der Waals surface area contributed by atoms with Gasteiger partial charge in [0.05, 0.1) is 21.2 Å². The van der Waals surface area contributed by atoms with Crippen LogP contribution in [0.25, 0.3) is 10.4 Å². The van der Waals surface area contributed by atoms with Crippen LogP contribution in [0.15, 0.2) is 29.3 Å². The van der Waals surface area contributed by atoms with Gasteiger partial charge in [-0.05, 0) is 51.2 Å². The molecule has 0 unspecified atom stereocenters. The van der Waals surface area contributed by atoms with Crippen molar-refractivity contribution in [3.05, 3.63) is 35.0 Å². The van der Waals surface area contributed by atoms with Crippen LogP contribution in [0.4, 0.5) is 4.79 Å². The number of hydrogen-bond acceptors (Lipinski definition) is 7. The first-order valence-corrected chi connectivity index (χ1v) is 13.7. The highest BCUT2D eigenvalue weighted by Gasteiger charge is 2.27. The Labute approximate surface area is 204 Å². The van der Waals surface area contributed by atoms with Gasteiger partial charge in [0.25, 0.3) is 0 Å². The number of thiazole rings is 1. The predicted octanol–water partition coefficient (Wildman–Crippen LogP) is 3.30. The van der Waals surface area contributed by atoms with Gasteiger partial charge in [-0.2, -0.15) is 0 Å². The number of amides is 2. The fraction of sp³-hybridized carbons (Fsp3) is 0.522. The molecule has 0 spiro atoms.